The molecule has 0 aliphatic carbocycles. The molecule has 1 unspecified atom stereocenters. The van der Waals surface area contributed by atoms with Gasteiger partial charge in [-0.3, -0.25) is 9.59 Å². The van der Waals surface area contributed by atoms with E-state index in [0.29, 0.717) is 29.9 Å². The van der Waals surface area contributed by atoms with Crippen LogP contribution < -0.4 is 16.0 Å². The second kappa shape index (κ2) is 11.0. The van der Waals surface area contributed by atoms with Gasteiger partial charge < -0.3 is 25.3 Å². The minimum Gasteiger partial charge on any atom is -0.462 e. The highest BCUT2D eigenvalue weighted by atomic mass is 16.5. The van der Waals surface area contributed by atoms with E-state index in [2.05, 4.69) is 10.3 Å². The quantitative estimate of drug-likeness (QED) is 0.455. The summed E-state index contributed by atoms with van der Waals surface area (Å²) in [5.74, 6) is -0.449. The minimum atomic E-state index is -0.397. The molecule has 0 bridgehead atoms. The van der Waals surface area contributed by atoms with E-state index in [1.165, 1.54) is 6.08 Å². The number of ether oxygens (including phenoxy) is 1. The Balaban J connectivity index is 1.71. The Hall–Kier alpha value is -3.62. The molecule has 1 saturated heterocycles. The van der Waals surface area contributed by atoms with Crippen LogP contribution in [0.3, 0.4) is 0 Å². The van der Waals surface area contributed by atoms with E-state index >= 15 is 0 Å². The van der Waals surface area contributed by atoms with Crippen molar-refractivity contribution in [1.29, 1.82) is 0 Å². The van der Waals surface area contributed by atoms with Crippen LogP contribution in [0.25, 0.3) is 6.08 Å². The summed E-state index contributed by atoms with van der Waals surface area (Å²) in [5.41, 5.74) is 8.87. The standard InChI is InChI=1S/C25H33N5O4/c1-5-30-16(3)20(23(17(30)4)25(33)34-6-2)10-12-22(31)28-19-9-11-21(27-14-19)29-13-7-8-18(15-29)24(26)32/h9-12,14,18H,5-8,13,15H2,1-4H3,(H2,26,32)(H,28,31)/b12-10+. The lowest BCUT2D eigenvalue weighted by Crippen LogP contribution is -2.41. The highest BCUT2D eigenvalue weighted by molar-refractivity contribution is 6.03. The van der Waals surface area contributed by atoms with E-state index in [4.69, 9.17) is 10.5 Å². The van der Waals surface area contributed by atoms with Gasteiger partial charge >= 0.3 is 5.97 Å². The van der Waals surface area contributed by atoms with Gasteiger partial charge in [-0.2, -0.15) is 0 Å². The lowest BCUT2D eigenvalue weighted by molar-refractivity contribution is -0.122. The number of hydrogen-bond donors (Lipinski definition) is 2. The number of carbonyl (C=O) groups excluding carboxylic acids is 3. The highest BCUT2D eigenvalue weighted by Gasteiger charge is 2.25. The zero-order valence-electron chi connectivity index (χ0n) is 20.3. The van der Waals surface area contributed by atoms with Crippen molar-refractivity contribution in [3.05, 3.63) is 46.9 Å². The topological polar surface area (TPSA) is 120 Å². The van der Waals surface area contributed by atoms with Crippen LogP contribution in [0.2, 0.25) is 0 Å². The molecule has 0 saturated carbocycles. The van der Waals surface area contributed by atoms with Crippen molar-refractivity contribution >= 4 is 35.4 Å². The number of esters is 1. The van der Waals surface area contributed by atoms with Crippen molar-refractivity contribution in [3.63, 3.8) is 0 Å². The molecule has 2 aromatic rings. The molecule has 1 fully saturated rings. The molecule has 34 heavy (non-hydrogen) atoms. The average Bonchev–Trinajstić information content (AvgIpc) is 3.07. The molecule has 3 N–H and O–H groups in total. The smallest absolute Gasteiger partial charge is 0.340 e. The zero-order valence-corrected chi connectivity index (χ0v) is 20.3. The molecule has 9 nitrogen and oxygen atoms in total. The number of primary amides is 1. The SMILES string of the molecule is CCOC(=O)c1c(/C=C/C(=O)Nc2ccc(N3CCCC(C(N)=O)C3)nc2)c(C)n(CC)c1C. The van der Waals surface area contributed by atoms with Gasteiger partial charge in [0.05, 0.1) is 30.0 Å². The van der Waals surface area contributed by atoms with Crippen molar-refractivity contribution in [2.45, 2.75) is 47.1 Å². The predicted molar refractivity (Wildman–Crippen MR) is 132 cm³/mol. The Bertz CT molecular complexity index is 1090. The summed E-state index contributed by atoms with van der Waals surface area (Å²) in [4.78, 5) is 43.1. The van der Waals surface area contributed by atoms with Crippen molar-refractivity contribution in [2.75, 3.05) is 29.9 Å². The summed E-state index contributed by atoms with van der Waals surface area (Å²) < 4.78 is 7.24. The maximum atomic E-state index is 12.6. The second-order valence-corrected chi connectivity index (χ2v) is 8.34. The molecule has 1 aliphatic rings. The average molecular weight is 468 g/mol. The first-order valence-corrected chi connectivity index (χ1v) is 11.6. The first-order chi connectivity index (χ1) is 16.3. The third-order valence-electron chi connectivity index (χ3n) is 6.19. The molecule has 1 aliphatic heterocycles. The number of amides is 2. The summed E-state index contributed by atoms with van der Waals surface area (Å²) in [6.45, 7) is 9.91. The van der Waals surface area contributed by atoms with Gasteiger partial charge in [0.25, 0.3) is 0 Å². The molecule has 3 rings (SSSR count). The maximum Gasteiger partial charge on any atom is 0.340 e. The number of piperidine rings is 1. The van der Waals surface area contributed by atoms with E-state index in [0.717, 1.165) is 36.6 Å². The fourth-order valence-electron chi connectivity index (χ4n) is 4.45. The third kappa shape index (κ3) is 5.47. The molecular weight excluding hydrogens is 434 g/mol. The van der Waals surface area contributed by atoms with E-state index in [-0.39, 0.29) is 24.3 Å². The number of hydrogen-bond acceptors (Lipinski definition) is 6. The lowest BCUT2D eigenvalue weighted by Gasteiger charge is -2.32. The second-order valence-electron chi connectivity index (χ2n) is 8.34. The molecule has 1 atom stereocenters. The zero-order chi connectivity index (χ0) is 24.8. The minimum absolute atomic E-state index is 0.172. The Morgan fingerprint density at radius 2 is 2.00 bits per heavy atom. The fraction of sp³-hybridized carbons (Fsp3) is 0.440. The van der Waals surface area contributed by atoms with E-state index < -0.39 is 5.97 Å². The molecule has 2 amide bonds. The van der Waals surface area contributed by atoms with Crippen molar-refractivity contribution in [2.24, 2.45) is 11.7 Å². The molecule has 0 spiro atoms. The van der Waals surface area contributed by atoms with Gasteiger partial charge in [-0.1, -0.05) is 0 Å². The lowest BCUT2D eigenvalue weighted by atomic mass is 9.97. The number of anilines is 2. The van der Waals surface area contributed by atoms with Crippen molar-refractivity contribution in [1.82, 2.24) is 9.55 Å². The van der Waals surface area contributed by atoms with E-state index in [9.17, 15) is 14.4 Å². The largest absolute Gasteiger partial charge is 0.462 e. The van der Waals surface area contributed by atoms with Crippen LogP contribution in [-0.2, 0) is 20.9 Å². The van der Waals surface area contributed by atoms with Crippen molar-refractivity contribution in [3.8, 4) is 0 Å². The summed E-state index contributed by atoms with van der Waals surface area (Å²) in [6.07, 6.45) is 6.31. The summed E-state index contributed by atoms with van der Waals surface area (Å²) in [6, 6.07) is 3.59. The van der Waals surface area contributed by atoms with E-state index in [1.807, 2.05) is 36.3 Å². The van der Waals surface area contributed by atoms with Crippen LogP contribution >= 0.6 is 0 Å². The van der Waals surface area contributed by atoms with Gasteiger partial charge in [0.15, 0.2) is 0 Å². The number of rotatable bonds is 8. The predicted octanol–water partition coefficient (Wildman–Crippen LogP) is 3.05. The molecular formula is C25H33N5O4. The third-order valence-corrected chi connectivity index (χ3v) is 6.19. The van der Waals surface area contributed by atoms with Crippen molar-refractivity contribution < 1.29 is 19.1 Å². The number of nitrogens with zero attached hydrogens (tertiary/aromatic N) is 3. The molecule has 2 aromatic heterocycles. The Labute approximate surface area is 200 Å². The van der Waals surface area contributed by atoms with Crippen LogP contribution in [0.4, 0.5) is 11.5 Å². The number of nitrogens with two attached hydrogens (primary N) is 1. The van der Waals surface area contributed by atoms with Crippen LogP contribution in [0.1, 0.15) is 54.0 Å². The van der Waals surface area contributed by atoms with Crippen LogP contribution in [-0.4, -0.2) is 47.0 Å². The molecule has 182 valence electrons. The maximum absolute atomic E-state index is 12.6. The summed E-state index contributed by atoms with van der Waals surface area (Å²) in [5, 5.41) is 2.79. The number of aromatic nitrogens is 2. The fourth-order valence-corrected chi connectivity index (χ4v) is 4.45. The van der Waals surface area contributed by atoms with Crippen LogP contribution in [0.15, 0.2) is 24.4 Å². The van der Waals surface area contributed by atoms with Crippen LogP contribution in [0, 0.1) is 19.8 Å². The first kappa shape index (κ1) is 25.0. The van der Waals surface area contributed by atoms with Gasteiger partial charge in [-0.15, -0.1) is 0 Å². The molecule has 0 aromatic carbocycles. The van der Waals surface area contributed by atoms with Gasteiger partial charge in [0, 0.05) is 42.7 Å². The normalized spacial score (nSPS) is 16.0. The number of pyridine rings is 1. The highest BCUT2D eigenvalue weighted by Crippen LogP contribution is 2.25. The Kier molecular flexibility index (Phi) is 8.09. The summed E-state index contributed by atoms with van der Waals surface area (Å²) >= 11 is 0. The monoisotopic (exact) mass is 467 g/mol. The van der Waals surface area contributed by atoms with Gasteiger partial charge in [0.1, 0.15) is 5.82 Å². The summed E-state index contributed by atoms with van der Waals surface area (Å²) in [7, 11) is 0. The molecule has 0 radical (unpaired) electrons. The Morgan fingerprint density at radius 3 is 2.62 bits per heavy atom. The number of nitrogens with one attached hydrogen (secondary N) is 1. The number of carbonyl (C=O) groups is 3. The molecule has 3 heterocycles. The van der Waals surface area contributed by atoms with Gasteiger partial charge in [0.2, 0.25) is 11.8 Å². The van der Waals surface area contributed by atoms with Crippen LogP contribution in [0.5, 0.6) is 0 Å². The Morgan fingerprint density at radius 1 is 1.24 bits per heavy atom. The van der Waals surface area contributed by atoms with Gasteiger partial charge in [-0.05, 0) is 58.7 Å². The van der Waals surface area contributed by atoms with E-state index in [1.54, 1.807) is 25.3 Å². The van der Waals surface area contributed by atoms with Gasteiger partial charge in [-0.25, -0.2) is 9.78 Å². The molecule has 9 heteroatoms. The first-order valence-electron chi connectivity index (χ1n) is 11.6.